The van der Waals surface area contributed by atoms with Crippen molar-refractivity contribution in [3.05, 3.63) is 45.9 Å². The quantitative estimate of drug-likeness (QED) is 0.821. The van der Waals surface area contributed by atoms with Crippen LogP contribution < -0.4 is 11.1 Å². The molecule has 0 saturated heterocycles. The summed E-state index contributed by atoms with van der Waals surface area (Å²) in [6.07, 6.45) is 1.57. The summed E-state index contributed by atoms with van der Waals surface area (Å²) in [6.45, 7) is 2.15. The number of aryl methyl sites for hydroxylation is 1. The molecular weight excluding hydrogens is 258 g/mol. The van der Waals surface area contributed by atoms with E-state index in [4.69, 9.17) is 5.73 Å². The van der Waals surface area contributed by atoms with Gasteiger partial charge < -0.3 is 11.1 Å². The van der Waals surface area contributed by atoms with Gasteiger partial charge in [-0.15, -0.1) is 11.3 Å². The average molecular weight is 271 g/mol. The van der Waals surface area contributed by atoms with Gasteiger partial charge in [0.05, 0.1) is 23.4 Å². The second-order valence-electron chi connectivity index (χ2n) is 3.75. The van der Waals surface area contributed by atoms with Gasteiger partial charge >= 0.3 is 0 Å². The summed E-state index contributed by atoms with van der Waals surface area (Å²) >= 11 is 1.36. The fraction of sp³-hybridized carbons (Fsp3) is 0.143. The zero-order valence-corrected chi connectivity index (χ0v) is 11.3. The van der Waals surface area contributed by atoms with E-state index in [1.165, 1.54) is 11.3 Å². The van der Waals surface area contributed by atoms with E-state index in [9.17, 15) is 4.79 Å². The number of nitrogens with zero attached hydrogens (tertiary/aromatic N) is 1. The number of rotatable bonds is 2. The Morgan fingerprint density at radius 1 is 1.47 bits per heavy atom. The van der Waals surface area contributed by atoms with E-state index in [0.29, 0.717) is 10.6 Å². The van der Waals surface area contributed by atoms with E-state index in [-0.39, 0.29) is 12.5 Å². The largest absolute Gasteiger partial charge is 0.320 e. The third-order valence-corrected chi connectivity index (χ3v) is 3.26. The maximum atomic E-state index is 12.0. The second kappa shape index (κ2) is 6.14. The number of para-hydroxylation sites is 1. The van der Waals surface area contributed by atoms with Crippen LogP contribution in [-0.4, -0.2) is 17.4 Å². The third-order valence-electron chi connectivity index (χ3n) is 2.35. The molecule has 0 unspecified atom stereocenters. The summed E-state index contributed by atoms with van der Waals surface area (Å²) in [5.74, 6) is 5.54. The van der Waals surface area contributed by atoms with Crippen molar-refractivity contribution in [2.45, 2.75) is 6.92 Å². The molecule has 2 aromatic rings. The highest BCUT2D eigenvalue weighted by Gasteiger charge is 2.10. The van der Waals surface area contributed by atoms with Crippen molar-refractivity contribution in [1.29, 1.82) is 0 Å². The Labute approximate surface area is 115 Å². The standard InChI is InChI=1S/C14H13N3OS/c1-10-16-9-13(19-10)14(18)17-12-7-3-2-5-11(12)6-4-8-15/h2-3,5,7,9H,8,15H2,1H3,(H,17,18). The molecule has 3 N–H and O–H groups in total. The smallest absolute Gasteiger partial charge is 0.267 e. The summed E-state index contributed by atoms with van der Waals surface area (Å²) in [6, 6.07) is 7.37. The Balaban J connectivity index is 2.21. The van der Waals surface area contributed by atoms with Gasteiger partial charge in [-0.1, -0.05) is 24.0 Å². The minimum Gasteiger partial charge on any atom is -0.320 e. The fourth-order valence-corrected chi connectivity index (χ4v) is 2.17. The lowest BCUT2D eigenvalue weighted by molar-refractivity contribution is 0.103. The minimum atomic E-state index is -0.174. The molecule has 1 aromatic carbocycles. The molecule has 0 spiro atoms. The minimum absolute atomic E-state index is 0.174. The fourth-order valence-electron chi connectivity index (χ4n) is 1.50. The van der Waals surface area contributed by atoms with Crippen molar-refractivity contribution >= 4 is 22.9 Å². The monoisotopic (exact) mass is 271 g/mol. The normalized spacial score (nSPS) is 9.58. The molecule has 0 fully saturated rings. The highest BCUT2D eigenvalue weighted by atomic mass is 32.1. The van der Waals surface area contributed by atoms with E-state index in [2.05, 4.69) is 22.1 Å². The van der Waals surface area contributed by atoms with Crippen LogP contribution in [-0.2, 0) is 0 Å². The molecule has 19 heavy (non-hydrogen) atoms. The van der Waals surface area contributed by atoms with Gasteiger partial charge in [-0.3, -0.25) is 4.79 Å². The molecule has 1 heterocycles. The molecule has 0 aliphatic heterocycles. The van der Waals surface area contributed by atoms with Gasteiger partial charge in [0.2, 0.25) is 0 Å². The first-order chi connectivity index (χ1) is 9.20. The molecule has 1 aromatic heterocycles. The van der Waals surface area contributed by atoms with E-state index >= 15 is 0 Å². The Morgan fingerprint density at radius 3 is 2.95 bits per heavy atom. The SMILES string of the molecule is Cc1ncc(C(=O)Nc2ccccc2C#CCN)s1. The predicted molar refractivity (Wildman–Crippen MR) is 77.2 cm³/mol. The summed E-state index contributed by atoms with van der Waals surface area (Å²) in [4.78, 5) is 16.7. The van der Waals surface area contributed by atoms with E-state index in [0.717, 1.165) is 10.6 Å². The van der Waals surface area contributed by atoms with Gasteiger partial charge in [-0.2, -0.15) is 0 Å². The lowest BCUT2D eigenvalue weighted by atomic mass is 10.2. The second-order valence-corrected chi connectivity index (χ2v) is 4.98. The van der Waals surface area contributed by atoms with E-state index in [1.54, 1.807) is 6.20 Å². The first kappa shape index (κ1) is 13.3. The van der Waals surface area contributed by atoms with Crippen LogP contribution in [0.1, 0.15) is 20.2 Å². The van der Waals surface area contributed by atoms with Crippen LogP contribution in [0.4, 0.5) is 5.69 Å². The topological polar surface area (TPSA) is 68.0 Å². The molecule has 0 aliphatic rings. The average Bonchev–Trinajstić information content (AvgIpc) is 2.84. The lowest BCUT2D eigenvalue weighted by Crippen LogP contribution is -2.11. The Hall–Kier alpha value is -2.16. The Kier molecular flexibility index (Phi) is 4.29. The van der Waals surface area contributed by atoms with Gasteiger partial charge in [0.1, 0.15) is 4.88 Å². The Bertz CT molecular complexity index is 652. The van der Waals surface area contributed by atoms with Crippen LogP contribution in [0.3, 0.4) is 0 Å². The molecule has 0 bridgehead atoms. The molecule has 2 rings (SSSR count). The molecular formula is C14H13N3OS. The third kappa shape index (κ3) is 3.41. The number of nitrogens with two attached hydrogens (primary N) is 1. The van der Waals surface area contributed by atoms with Crippen LogP contribution >= 0.6 is 11.3 Å². The number of carbonyl (C=O) groups excluding carboxylic acids is 1. The van der Waals surface area contributed by atoms with Gasteiger partial charge in [0.25, 0.3) is 5.91 Å². The maximum Gasteiger partial charge on any atom is 0.267 e. The lowest BCUT2D eigenvalue weighted by Gasteiger charge is -2.05. The number of hydrogen-bond acceptors (Lipinski definition) is 4. The highest BCUT2D eigenvalue weighted by molar-refractivity contribution is 7.13. The number of aromatic nitrogens is 1. The molecule has 0 aliphatic carbocycles. The van der Waals surface area contributed by atoms with Gasteiger partial charge in [0.15, 0.2) is 0 Å². The van der Waals surface area contributed by atoms with Crippen molar-refractivity contribution in [2.75, 3.05) is 11.9 Å². The molecule has 0 atom stereocenters. The van der Waals surface area contributed by atoms with Crippen LogP contribution in [0.2, 0.25) is 0 Å². The van der Waals surface area contributed by atoms with Crippen molar-refractivity contribution < 1.29 is 4.79 Å². The van der Waals surface area contributed by atoms with Crippen molar-refractivity contribution in [2.24, 2.45) is 5.73 Å². The molecule has 1 amide bonds. The van der Waals surface area contributed by atoms with Crippen LogP contribution in [0, 0.1) is 18.8 Å². The number of anilines is 1. The first-order valence-corrected chi connectivity index (χ1v) is 6.54. The number of thiazole rings is 1. The molecule has 0 radical (unpaired) electrons. The number of hydrogen-bond donors (Lipinski definition) is 2. The van der Waals surface area contributed by atoms with Crippen LogP contribution in [0.5, 0.6) is 0 Å². The zero-order chi connectivity index (χ0) is 13.7. The summed E-state index contributed by atoms with van der Waals surface area (Å²) in [5.41, 5.74) is 6.79. The zero-order valence-electron chi connectivity index (χ0n) is 10.4. The molecule has 5 heteroatoms. The summed E-state index contributed by atoms with van der Waals surface area (Å²) < 4.78 is 0. The van der Waals surface area contributed by atoms with E-state index < -0.39 is 0 Å². The molecule has 4 nitrogen and oxygen atoms in total. The maximum absolute atomic E-state index is 12.0. The molecule has 96 valence electrons. The van der Waals surface area contributed by atoms with Gasteiger partial charge in [-0.05, 0) is 19.1 Å². The Morgan fingerprint density at radius 2 is 2.26 bits per heavy atom. The molecule has 0 saturated carbocycles. The summed E-state index contributed by atoms with van der Waals surface area (Å²) in [7, 11) is 0. The van der Waals surface area contributed by atoms with Crippen molar-refractivity contribution in [1.82, 2.24) is 4.98 Å². The first-order valence-electron chi connectivity index (χ1n) is 5.72. The number of benzene rings is 1. The van der Waals surface area contributed by atoms with Crippen LogP contribution in [0.25, 0.3) is 0 Å². The predicted octanol–water partition coefficient (Wildman–Crippen LogP) is 2.01. The van der Waals surface area contributed by atoms with Crippen LogP contribution in [0.15, 0.2) is 30.5 Å². The van der Waals surface area contributed by atoms with Gasteiger partial charge in [-0.25, -0.2) is 4.98 Å². The number of carbonyl (C=O) groups is 1. The van der Waals surface area contributed by atoms with Crippen molar-refractivity contribution in [3.63, 3.8) is 0 Å². The highest BCUT2D eigenvalue weighted by Crippen LogP contribution is 2.17. The number of amides is 1. The summed E-state index contributed by atoms with van der Waals surface area (Å²) in [5, 5.41) is 3.70. The number of nitrogens with one attached hydrogen (secondary N) is 1. The van der Waals surface area contributed by atoms with Crippen molar-refractivity contribution in [3.8, 4) is 11.8 Å². The van der Waals surface area contributed by atoms with Gasteiger partial charge in [0, 0.05) is 5.56 Å². The van der Waals surface area contributed by atoms with E-state index in [1.807, 2.05) is 31.2 Å².